The zero-order valence-electron chi connectivity index (χ0n) is 19.6. The molecular formula is C23H41IN4O2. The lowest BCUT2D eigenvalue weighted by Gasteiger charge is -2.43. The van der Waals surface area contributed by atoms with Crippen molar-refractivity contribution in [3.05, 3.63) is 29.3 Å². The summed E-state index contributed by atoms with van der Waals surface area (Å²) in [6.07, 6.45) is 3.23. The second-order valence-corrected chi connectivity index (χ2v) is 8.23. The van der Waals surface area contributed by atoms with Gasteiger partial charge in [-0.3, -0.25) is 0 Å². The average molecular weight is 533 g/mol. The average Bonchev–Trinajstić information content (AvgIpc) is 2.71. The molecule has 6 nitrogen and oxygen atoms in total. The zero-order chi connectivity index (χ0) is 21.3. The topological polar surface area (TPSA) is 58.1 Å². The van der Waals surface area contributed by atoms with Gasteiger partial charge in [-0.2, -0.15) is 0 Å². The van der Waals surface area contributed by atoms with E-state index in [0.29, 0.717) is 6.54 Å². The molecule has 2 N–H and O–H groups in total. The summed E-state index contributed by atoms with van der Waals surface area (Å²) in [4.78, 5) is 7.17. The molecule has 1 unspecified atom stereocenters. The van der Waals surface area contributed by atoms with Crippen LogP contribution >= 0.6 is 24.0 Å². The second-order valence-electron chi connectivity index (χ2n) is 8.23. The summed E-state index contributed by atoms with van der Waals surface area (Å²) in [6, 6.07) is 6.36. The summed E-state index contributed by atoms with van der Waals surface area (Å²) in [6.45, 7) is 12.3. The highest BCUT2D eigenvalue weighted by Gasteiger charge is 2.34. The van der Waals surface area contributed by atoms with Crippen molar-refractivity contribution in [2.24, 2.45) is 4.99 Å². The molecule has 1 aromatic carbocycles. The van der Waals surface area contributed by atoms with Gasteiger partial charge in [0.15, 0.2) is 5.96 Å². The van der Waals surface area contributed by atoms with Gasteiger partial charge in [0.2, 0.25) is 0 Å². The van der Waals surface area contributed by atoms with E-state index in [9.17, 15) is 0 Å². The number of aliphatic imine (C=N–C) groups is 1. The molecule has 0 saturated carbocycles. The van der Waals surface area contributed by atoms with Gasteiger partial charge in [-0.05, 0) is 65.8 Å². The first-order valence-electron chi connectivity index (χ1n) is 10.9. The number of benzene rings is 1. The van der Waals surface area contributed by atoms with E-state index in [-0.39, 0.29) is 35.6 Å². The number of aryl methyl sites for hydroxylation is 1. The molecule has 0 amide bonds. The van der Waals surface area contributed by atoms with Gasteiger partial charge in [0.05, 0.1) is 12.6 Å². The highest BCUT2D eigenvalue weighted by molar-refractivity contribution is 14.0. The molecule has 1 atom stereocenters. The third-order valence-corrected chi connectivity index (χ3v) is 5.83. The molecule has 7 heteroatoms. The van der Waals surface area contributed by atoms with Crippen LogP contribution in [0.1, 0.15) is 51.2 Å². The van der Waals surface area contributed by atoms with Gasteiger partial charge in [0.1, 0.15) is 5.75 Å². The quantitative estimate of drug-likeness (QED) is 0.287. The first kappa shape index (κ1) is 27.0. The van der Waals surface area contributed by atoms with Crippen LogP contribution in [0, 0.1) is 6.92 Å². The van der Waals surface area contributed by atoms with Crippen molar-refractivity contribution in [3.8, 4) is 5.75 Å². The van der Waals surface area contributed by atoms with E-state index < -0.39 is 0 Å². The van der Waals surface area contributed by atoms with Gasteiger partial charge in [-0.1, -0.05) is 19.1 Å². The molecule has 2 rings (SSSR count). The Bertz CT molecular complexity index is 661. The molecule has 0 spiro atoms. The number of nitrogens with zero attached hydrogens (tertiary/aromatic N) is 2. The summed E-state index contributed by atoms with van der Waals surface area (Å²) in [5, 5.41) is 6.95. The summed E-state index contributed by atoms with van der Waals surface area (Å²) in [7, 11) is 4.31. The number of halogens is 1. The molecule has 1 fully saturated rings. The number of ether oxygens (including phenoxy) is 2. The maximum atomic E-state index is 6.14. The van der Waals surface area contributed by atoms with Crippen molar-refractivity contribution in [1.29, 1.82) is 0 Å². The summed E-state index contributed by atoms with van der Waals surface area (Å²) < 4.78 is 11.7. The number of rotatable bonds is 9. The highest BCUT2D eigenvalue weighted by Crippen LogP contribution is 2.25. The predicted molar refractivity (Wildman–Crippen MR) is 136 cm³/mol. The minimum atomic E-state index is 0. The van der Waals surface area contributed by atoms with Gasteiger partial charge >= 0.3 is 0 Å². The Morgan fingerprint density at radius 3 is 2.53 bits per heavy atom. The van der Waals surface area contributed by atoms with Gasteiger partial charge < -0.3 is 25.0 Å². The van der Waals surface area contributed by atoms with E-state index >= 15 is 0 Å². The molecule has 0 radical (unpaired) electrons. The monoisotopic (exact) mass is 532 g/mol. The van der Waals surface area contributed by atoms with E-state index in [0.717, 1.165) is 62.8 Å². The van der Waals surface area contributed by atoms with Crippen LogP contribution in [0.2, 0.25) is 0 Å². The summed E-state index contributed by atoms with van der Waals surface area (Å²) >= 11 is 0. The van der Waals surface area contributed by atoms with Crippen LogP contribution in [0.3, 0.4) is 0 Å². The van der Waals surface area contributed by atoms with Crippen molar-refractivity contribution in [1.82, 2.24) is 15.5 Å². The number of likely N-dealkylation sites (N-methyl/N-ethyl adjacent to an activating group) is 1. The van der Waals surface area contributed by atoms with Gasteiger partial charge in [-0.25, -0.2) is 4.99 Å². The lowest BCUT2D eigenvalue weighted by atomic mass is 9.88. The van der Waals surface area contributed by atoms with Crippen LogP contribution in [0.5, 0.6) is 5.75 Å². The number of hydrogen-bond donors (Lipinski definition) is 2. The lowest BCUT2D eigenvalue weighted by Crippen LogP contribution is -2.57. The van der Waals surface area contributed by atoms with Crippen LogP contribution in [0.25, 0.3) is 0 Å². The van der Waals surface area contributed by atoms with E-state index in [4.69, 9.17) is 14.5 Å². The fourth-order valence-electron chi connectivity index (χ4n) is 3.49. The summed E-state index contributed by atoms with van der Waals surface area (Å²) in [5.41, 5.74) is 2.42. The Hall–Kier alpha value is -1.06. The molecule has 1 saturated heterocycles. The third kappa shape index (κ3) is 7.89. The van der Waals surface area contributed by atoms with Gasteiger partial charge in [-0.15, -0.1) is 24.0 Å². The number of nitrogens with one attached hydrogen (secondary N) is 2. The molecular weight excluding hydrogens is 491 g/mol. The van der Waals surface area contributed by atoms with Crippen LogP contribution in [-0.4, -0.2) is 62.9 Å². The SMILES string of the molecule is CCNC(=NCc1ccc(C)cc1OC(C)CC)NCC1(N(C)C)CCOCC1.I. The van der Waals surface area contributed by atoms with E-state index in [2.05, 4.69) is 75.5 Å². The molecule has 0 aliphatic carbocycles. The fraction of sp³-hybridized carbons (Fsp3) is 0.696. The molecule has 1 aromatic rings. The van der Waals surface area contributed by atoms with Crippen LogP contribution in [-0.2, 0) is 11.3 Å². The number of hydrogen-bond acceptors (Lipinski definition) is 4. The zero-order valence-corrected chi connectivity index (χ0v) is 21.9. The van der Waals surface area contributed by atoms with Gasteiger partial charge in [0.25, 0.3) is 0 Å². The maximum Gasteiger partial charge on any atom is 0.191 e. The minimum Gasteiger partial charge on any atom is -0.490 e. The Labute approximate surface area is 200 Å². The van der Waals surface area contributed by atoms with Crippen LogP contribution < -0.4 is 15.4 Å². The standard InChI is InChI=1S/C23H40N4O2.HI/c1-7-19(4)29-21-15-18(3)9-10-20(21)16-25-22(24-8-2)26-17-23(27(5)6)11-13-28-14-12-23;/h9-10,15,19H,7-8,11-14,16-17H2,1-6H3,(H2,24,25,26);1H. The van der Waals surface area contributed by atoms with Crippen molar-refractivity contribution in [2.45, 2.75) is 65.1 Å². The Morgan fingerprint density at radius 1 is 1.23 bits per heavy atom. The minimum absolute atomic E-state index is 0. The van der Waals surface area contributed by atoms with Crippen molar-refractivity contribution < 1.29 is 9.47 Å². The Balaban J connectivity index is 0.00000450. The maximum absolute atomic E-state index is 6.14. The molecule has 1 aliphatic heterocycles. The number of guanidine groups is 1. The molecule has 172 valence electrons. The first-order chi connectivity index (χ1) is 13.9. The van der Waals surface area contributed by atoms with Crippen LogP contribution in [0.15, 0.2) is 23.2 Å². The van der Waals surface area contributed by atoms with Crippen LogP contribution in [0.4, 0.5) is 0 Å². The smallest absolute Gasteiger partial charge is 0.191 e. The van der Waals surface area contributed by atoms with E-state index in [1.165, 1.54) is 5.56 Å². The summed E-state index contributed by atoms with van der Waals surface area (Å²) in [5.74, 6) is 1.78. The van der Waals surface area contributed by atoms with E-state index in [1.807, 2.05) is 0 Å². The molecule has 1 heterocycles. The van der Waals surface area contributed by atoms with Crippen molar-refractivity contribution in [3.63, 3.8) is 0 Å². The van der Waals surface area contributed by atoms with Crippen molar-refractivity contribution >= 4 is 29.9 Å². The fourth-order valence-corrected chi connectivity index (χ4v) is 3.49. The largest absolute Gasteiger partial charge is 0.490 e. The molecule has 1 aliphatic rings. The van der Waals surface area contributed by atoms with Gasteiger partial charge in [0, 0.05) is 37.4 Å². The molecule has 0 aromatic heterocycles. The molecule has 0 bridgehead atoms. The Morgan fingerprint density at radius 2 is 1.93 bits per heavy atom. The highest BCUT2D eigenvalue weighted by atomic mass is 127. The first-order valence-corrected chi connectivity index (χ1v) is 10.9. The molecule has 30 heavy (non-hydrogen) atoms. The van der Waals surface area contributed by atoms with E-state index in [1.54, 1.807) is 0 Å². The van der Waals surface area contributed by atoms with Crippen molar-refractivity contribution in [2.75, 3.05) is 40.4 Å². The third-order valence-electron chi connectivity index (χ3n) is 5.83. The Kier molecular flexibility index (Phi) is 12.0. The lowest BCUT2D eigenvalue weighted by molar-refractivity contribution is -0.00501. The second kappa shape index (κ2) is 13.4. The predicted octanol–water partition coefficient (Wildman–Crippen LogP) is 3.96. The normalized spacial score (nSPS) is 17.2.